The summed E-state index contributed by atoms with van der Waals surface area (Å²) in [7, 11) is 1.33. The summed E-state index contributed by atoms with van der Waals surface area (Å²) in [4.78, 5) is 24.1. The second kappa shape index (κ2) is 7.59. The molecule has 0 radical (unpaired) electrons. The van der Waals surface area contributed by atoms with Gasteiger partial charge in [0, 0.05) is 13.0 Å². The molecule has 18 heavy (non-hydrogen) atoms. The Morgan fingerprint density at radius 3 is 2.39 bits per heavy atom. The second-order valence-corrected chi connectivity index (χ2v) is 4.79. The largest absolute Gasteiger partial charge is 0.469 e. The fraction of sp³-hybridized carbons (Fsp3) is 0.692. The highest BCUT2D eigenvalue weighted by atomic mass is 16.6. The van der Waals surface area contributed by atoms with Gasteiger partial charge in [0.2, 0.25) is 0 Å². The molecule has 0 aromatic carbocycles. The molecule has 0 aliphatic carbocycles. The fourth-order valence-corrected chi connectivity index (χ4v) is 1.19. The molecule has 1 amide bonds. The van der Waals surface area contributed by atoms with Crippen LogP contribution in [0.1, 0.15) is 33.6 Å². The van der Waals surface area contributed by atoms with Crippen molar-refractivity contribution < 1.29 is 19.1 Å². The van der Waals surface area contributed by atoms with Crippen LogP contribution in [0.4, 0.5) is 4.79 Å². The van der Waals surface area contributed by atoms with E-state index in [0.717, 1.165) is 0 Å². The van der Waals surface area contributed by atoms with Gasteiger partial charge in [-0.1, -0.05) is 5.92 Å². The zero-order valence-electron chi connectivity index (χ0n) is 11.5. The van der Waals surface area contributed by atoms with Gasteiger partial charge in [-0.2, -0.15) is 0 Å². The third kappa shape index (κ3) is 7.55. The van der Waals surface area contributed by atoms with Crippen molar-refractivity contribution in [2.45, 2.75) is 39.2 Å². The molecule has 0 fully saturated rings. The van der Waals surface area contributed by atoms with Gasteiger partial charge in [0.15, 0.2) is 0 Å². The number of carbonyl (C=O) groups is 2. The molecule has 0 atom stereocenters. The molecule has 0 unspecified atom stereocenters. The van der Waals surface area contributed by atoms with Gasteiger partial charge in [0.05, 0.1) is 13.7 Å². The first kappa shape index (κ1) is 16.3. The Hall–Kier alpha value is -1.70. The van der Waals surface area contributed by atoms with Crippen LogP contribution in [0.3, 0.4) is 0 Å². The molecule has 5 nitrogen and oxygen atoms in total. The maximum absolute atomic E-state index is 11.8. The van der Waals surface area contributed by atoms with Crippen LogP contribution in [0.15, 0.2) is 0 Å². The van der Waals surface area contributed by atoms with Crippen molar-refractivity contribution in [2.24, 2.45) is 0 Å². The first-order valence-electron chi connectivity index (χ1n) is 5.78. The number of hydrogen-bond acceptors (Lipinski definition) is 4. The summed E-state index contributed by atoms with van der Waals surface area (Å²) in [6.07, 6.45) is 5.47. The van der Waals surface area contributed by atoms with Crippen molar-refractivity contribution >= 4 is 12.1 Å². The van der Waals surface area contributed by atoms with Crippen molar-refractivity contribution in [1.29, 1.82) is 0 Å². The molecule has 0 aliphatic heterocycles. The molecular formula is C13H21NO4. The quantitative estimate of drug-likeness (QED) is 0.555. The molecule has 0 rings (SSSR count). The van der Waals surface area contributed by atoms with Crippen LogP contribution < -0.4 is 0 Å². The van der Waals surface area contributed by atoms with Crippen molar-refractivity contribution in [3.05, 3.63) is 0 Å². The summed E-state index contributed by atoms with van der Waals surface area (Å²) >= 11 is 0. The van der Waals surface area contributed by atoms with Gasteiger partial charge < -0.3 is 9.47 Å². The molecule has 0 heterocycles. The Bertz CT molecular complexity index is 325. The summed E-state index contributed by atoms with van der Waals surface area (Å²) in [6.45, 7) is 5.89. The Morgan fingerprint density at radius 1 is 1.33 bits per heavy atom. The third-order valence-corrected chi connectivity index (χ3v) is 1.97. The Labute approximate surface area is 108 Å². The molecule has 0 saturated heterocycles. The SMILES string of the molecule is C#CCN(CCCC(=O)OC)C(=O)OC(C)(C)C. The standard InChI is InChI=1S/C13H21NO4/c1-6-9-14(10-7-8-11(15)17-5)12(16)18-13(2,3)4/h1H,7-10H2,2-5H3. The van der Waals surface area contributed by atoms with Crippen LogP contribution in [0.25, 0.3) is 0 Å². The van der Waals surface area contributed by atoms with Crippen LogP contribution in [0.5, 0.6) is 0 Å². The van der Waals surface area contributed by atoms with Crippen molar-refractivity contribution in [1.82, 2.24) is 4.90 Å². The summed E-state index contributed by atoms with van der Waals surface area (Å²) in [5.41, 5.74) is -0.563. The maximum Gasteiger partial charge on any atom is 0.411 e. The average Bonchev–Trinajstić information content (AvgIpc) is 2.25. The highest BCUT2D eigenvalue weighted by Crippen LogP contribution is 2.10. The first-order valence-corrected chi connectivity index (χ1v) is 5.78. The molecule has 5 heteroatoms. The first-order chi connectivity index (χ1) is 8.30. The fourth-order valence-electron chi connectivity index (χ4n) is 1.19. The van der Waals surface area contributed by atoms with E-state index < -0.39 is 11.7 Å². The number of terminal acetylenes is 1. The Kier molecular flexibility index (Phi) is 6.88. The molecular weight excluding hydrogens is 234 g/mol. The van der Waals surface area contributed by atoms with Gasteiger partial charge in [0.25, 0.3) is 0 Å². The van der Waals surface area contributed by atoms with Gasteiger partial charge in [-0.05, 0) is 27.2 Å². The lowest BCUT2D eigenvalue weighted by molar-refractivity contribution is -0.140. The maximum atomic E-state index is 11.8. The lowest BCUT2D eigenvalue weighted by atomic mass is 10.2. The van der Waals surface area contributed by atoms with E-state index in [1.165, 1.54) is 12.0 Å². The molecule has 0 bridgehead atoms. The van der Waals surface area contributed by atoms with E-state index in [2.05, 4.69) is 10.7 Å². The average molecular weight is 255 g/mol. The van der Waals surface area contributed by atoms with Crippen molar-refractivity contribution in [3.8, 4) is 12.3 Å². The van der Waals surface area contributed by atoms with Gasteiger partial charge in [-0.3, -0.25) is 9.69 Å². The van der Waals surface area contributed by atoms with Gasteiger partial charge in [-0.25, -0.2) is 4.79 Å². The van der Waals surface area contributed by atoms with E-state index in [9.17, 15) is 9.59 Å². The van der Waals surface area contributed by atoms with Crippen molar-refractivity contribution in [3.63, 3.8) is 0 Å². The predicted octanol–water partition coefficient (Wildman–Crippen LogP) is 1.81. The van der Waals surface area contributed by atoms with E-state index in [0.29, 0.717) is 13.0 Å². The summed E-state index contributed by atoms with van der Waals surface area (Å²) in [5.74, 6) is 2.09. The number of methoxy groups -OCH3 is 1. The number of ether oxygens (including phenoxy) is 2. The monoisotopic (exact) mass is 255 g/mol. The minimum Gasteiger partial charge on any atom is -0.469 e. The minimum absolute atomic E-state index is 0.163. The molecule has 0 saturated carbocycles. The van der Waals surface area contributed by atoms with E-state index in [-0.39, 0.29) is 18.9 Å². The van der Waals surface area contributed by atoms with Gasteiger partial charge >= 0.3 is 12.1 Å². The van der Waals surface area contributed by atoms with Crippen LogP contribution in [-0.4, -0.2) is 42.8 Å². The van der Waals surface area contributed by atoms with Crippen LogP contribution in [0, 0.1) is 12.3 Å². The Morgan fingerprint density at radius 2 is 1.94 bits per heavy atom. The zero-order valence-corrected chi connectivity index (χ0v) is 11.5. The second-order valence-electron chi connectivity index (χ2n) is 4.79. The lowest BCUT2D eigenvalue weighted by Gasteiger charge is -2.26. The molecule has 0 aromatic rings. The topological polar surface area (TPSA) is 55.8 Å². The minimum atomic E-state index is -0.563. The smallest absolute Gasteiger partial charge is 0.411 e. The number of esters is 1. The lowest BCUT2D eigenvalue weighted by Crippen LogP contribution is -2.37. The molecule has 0 spiro atoms. The third-order valence-electron chi connectivity index (χ3n) is 1.97. The van der Waals surface area contributed by atoms with E-state index in [1.807, 2.05) is 0 Å². The number of amides is 1. The van der Waals surface area contributed by atoms with E-state index >= 15 is 0 Å². The zero-order chi connectivity index (χ0) is 14.2. The van der Waals surface area contributed by atoms with Crippen LogP contribution in [0.2, 0.25) is 0 Å². The van der Waals surface area contributed by atoms with Crippen LogP contribution >= 0.6 is 0 Å². The Balaban J connectivity index is 4.26. The van der Waals surface area contributed by atoms with Gasteiger partial charge in [-0.15, -0.1) is 6.42 Å². The summed E-state index contributed by atoms with van der Waals surface area (Å²) in [5, 5.41) is 0. The number of rotatable bonds is 5. The number of nitrogens with zero attached hydrogens (tertiary/aromatic N) is 1. The molecule has 0 aliphatic rings. The summed E-state index contributed by atoms with van der Waals surface area (Å²) < 4.78 is 9.73. The number of hydrogen-bond donors (Lipinski definition) is 0. The highest BCUT2D eigenvalue weighted by molar-refractivity contribution is 5.70. The van der Waals surface area contributed by atoms with Crippen molar-refractivity contribution in [2.75, 3.05) is 20.2 Å². The normalized spacial score (nSPS) is 10.4. The predicted molar refractivity (Wildman–Crippen MR) is 67.9 cm³/mol. The van der Waals surface area contributed by atoms with Crippen LogP contribution in [-0.2, 0) is 14.3 Å². The van der Waals surface area contributed by atoms with E-state index in [4.69, 9.17) is 11.2 Å². The molecule has 102 valence electrons. The van der Waals surface area contributed by atoms with E-state index in [1.54, 1.807) is 20.8 Å². The van der Waals surface area contributed by atoms with Gasteiger partial charge in [0.1, 0.15) is 5.60 Å². The number of carbonyl (C=O) groups excluding carboxylic acids is 2. The molecule has 0 aromatic heterocycles. The molecule has 0 N–H and O–H groups in total. The summed E-state index contributed by atoms with van der Waals surface area (Å²) in [6, 6.07) is 0. The highest BCUT2D eigenvalue weighted by Gasteiger charge is 2.21.